The summed E-state index contributed by atoms with van der Waals surface area (Å²) in [6, 6.07) is 1.49. The van der Waals surface area contributed by atoms with Crippen molar-refractivity contribution in [3.05, 3.63) is 22.4 Å². The molecule has 0 amide bonds. The van der Waals surface area contributed by atoms with Gasteiger partial charge in [0.2, 0.25) is 10.0 Å². The van der Waals surface area contributed by atoms with Crippen LogP contribution in [0.5, 0.6) is 0 Å². The fourth-order valence-corrected chi connectivity index (χ4v) is 2.48. The van der Waals surface area contributed by atoms with Gasteiger partial charge in [-0.1, -0.05) is 13.3 Å². The normalized spacial score (nSPS) is 11.7. The van der Waals surface area contributed by atoms with E-state index in [1.54, 1.807) is 6.20 Å². The molecule has 0 saturated heterocycles. The van der Waals surface area contributed by atoms with Crippen LogP contribution in [0.25, 0.3) is 0 Å². The molecule has 15 heavy (non-hydrogen) atoms. The molecule has 0 radical (unpaired) electrons. The summed E-state index contributed by atoms with van der Waals surface area (Å²) in [6.45, 7) is 2.04. The first kappa shape index (κ1) is 12.6. The lowest BCUT2D eigenvalue weighted by molar-refractivity contribution is 0.595. The van der Waals surface area contributed by atoms with Crippen molar-refractivity contribution >= 4 is 26.0 Å². The molecule has 1 aromatic rings. The molecule has 4 nitrogen and oxygen atoms in total. The monoisotopic (exact) mass is 292 g/mol. The summed E-state index contributed by atoms with van der Waals surface area (Å²) in [5.74, 6) is 0. The van der Waals surface area contributed by atoms with Crippen LogP contribution in [0.1, 0.15) is 25.5 Å². The summed E-state index contributed by atoms with van der Waals surface area (Å²) in [7, 11) is -3.68. The van der Waals surface area contributed by atoms with Crippen molar-refractivity contribution in [3.63, 3.8) is 0 Å². The highest BCUT2D eigenvalue weighted by molar-refractivity contribution is 9.10. The molecule has 1 rings (SSSR count). The minimum atomic E-state index is -3.68. The van der Waals surface area contributed by atoms with Crippen molar-refractivity contribution < 1.29 is 8.42 Å². The first-order valence-corrected chi connectivity index (χ1v) is 6.96. The van der Waals surface area contributed by atoms with Gasteiger partial charge in [0.15, 0.2) is 0 Å². The van der Waals surface area contributed by atoms with E-state index in [2.05, 4.69) is 20.9 Å². The molecule has 0 fully saturated rings. The Bertz CT molecular complexity index is 445. The summed E-state index contributed by atoms with van der Waals surface area (Å²) < 4.78 is 23.2. The predicted molar refractivity (Wildman–Crippen MR) is 61.9 cm³/mol. The molecule has 0 aliphatic carbocycles. The van der Waals surface area contributed by atoms with Crippen molar-refractivity contribution in [2.45, 2.75) is 31.1 Å². The second kappa shape index (κ2) is 5.05. The third-order valence-electron chi connectivity index (χ3n) is 1.97. The molecule has 1 heterocycles. The summed E-state index contributed by atoms with van der Waals surface area (Å²) in [6.07, 6.45) is 4.11. The molecule has 0 unspecified atom stereocenters. The number of halogens is 1. The largest absolute Gasteiger partial charge is 0.259 e. The summed E-state index contributed by atoms with van der Waals surface area (Å²) in [5.41, 5.74) is 0.544. The van der Waals surface area contributed by atoms with Crippen LogP contribution in [0.15, 0.2) is 21.6 Å². The van der Waals surface area contributed by atoms with Crippen molar-refractivity contribution in [3.8, 4) is 0 Å². The van der Waals surface area contributed by atoms with Crippen LogP contribution in [-0.4, -0.2) is 13.4 Å². The van der Waals surface area contributed by atoms with E-state index in [0.29, 0.717) is 16.6 Å². The Hall–Kier alpha value is -0.460. The number of aromatic nitrogens is 1. The molecule has 0 saturated carbocycles. The average Bonchev–Trinajstić information content (AvgIpc) is 2.14. The minimum Gasteiger partial charge on any atom is -0.259 e. The van der Waals surface area contributed by atoms with Crippen LogP contribution in [0.2, 0.25) is 0 Å². The maximum atomic E-state index is 11.3. The topological polar surface area (TPSA) is 73.0 Å². The van der Waals surface area contributed by atoms with Crippen LogP contribution < -0.4 is 5.14 Å². The smallest absolute Gasteiger partial charge is 0.239 e. The molecule has 1 aromatic heterocycles. The van der Waals surface area contributed by atoms with Crippen molar-refractivity contribution in [2.75, 3.05) is 0 Å². The maximum absolute atomic E-state index is 11.3. The van der Waals surface area contributed by atoms with Crippen molar-refractivity contribution in [1.29, 1.82) is 0 Å². The highest BCUT2D eigenvalue weighted by Crippen LogP contribution is 2.19. The van der Waals surface area contributed by atoms with Crippen LogP contribution in [0.3, 0.4) is 0 Å². The van der Waals surface area contributed by atoms with Gasteiger partial charge in [-0.05, 0) is 34.8 Å². The number of primary sulfonamides is 1. The van der Waals surface area contributed by atoms with Gasteiger partial charge in [0, 0.05) is 10.7 Å². The number of pyridine rings is 1. The molecule has 6 heteroatoms. The Kier molecular flexibility index (Phi) is 4.24. The molecular formula is C9H13BrN2O2S. The van der Waals surface area contributed by atoms with E-state index in [-0.39, 0.29) is 4.90 Å². The lowest BCUT2D eigenvalue weighted by Crippen LogP contribution is -2.15. The number of rotatable bonds is 4. The number of nitrogens with zero attached hydrogens (tertiary/aromatic N) is 1. The SMILES string of the molecule is CCCCc1ncc(Br)cc1S(N)(=O)=O. The summed E-state index contributed by atoms with van der Waals surface area (Å²) in [5, 5.41) is 5.11. The van der Waals surface area contributed by atoms with Gasteiger partial charge in [0.05, 0.1) is 5.69 Å². The van der Waals surface area contributed by atoms with Gasteiger partial charge in [-0.3, -0.25) is 4.98 Å². The van der Waals surface area contributed by atoms with E-state index in [9.17, 15) is 8.42 Å². The van der Waals surface area contributed by atoms with Gasteiger partial charge in [0.1, 0.15) is 4.90 Å². The Morgan fingerprint density at radius 3 is 2.73 bits per heavy atom. The van der Waals surface area contributed by atoms with Gasteiger partial charge < -0.3 is 0 Å². The van der Waals surface area contributed by atoms with Crippen LogP contribution in [0, 0.1) is 0 Å². The summed E-state index contributed by atoms with van der Waals surface area (Å²) in [4.78, 5) is 4.19. The first-order valence-electron chi connectivity index (χ1n) is 4.62. The molecule has 0 aromatic carbocycles. The first-order chi connectivity index (χ1) is 6.95. The van der Waals surface area contributed by atoms with E-state index < -0.39 is 10.0 Å². The second-order valence-corrected chi connectivity index (χ2v) is 5.69. The Balaban J connectivity index is 3.15. The van der Waals surface area contributed by atoms with E-state index in [4.69, 9.17) is 5.14 Å². The number of unbranched alkanes of at least 4 members (excludes halogenated alkanes) is 1. The average molecular weight is 293 g/mol. The Morgan fingerprint density at radius 2 is 2.20 bits per heavy atom. The van der Waals surface area contributed by atoms with E-state index in [1.165, 1.54) is 6.07 Å². The molecule has 0 bridgehead atoms. The van der Waals surface area contributed by atoms with Crippen LogP contribution in [-0.2, 0) is 16.4 Å². The fraction of sp³-hybridized carbons (Fsp3) is 0.444. The number of sulfonamides is 1. The van der Waals surface area contributed by atoms with E-state index in [1.807, 2.05) is 6.92 Å². The second-order valence-electron chi connectivity index (χ2n) is 3.25. The molecule has 84 valence electrons. The quantitative estimate of drug-likeness (QED) is 0.920. The molecule has 0 atom stereocenters. The number of nitrogens with two attached hydrogens (primary N) is 1. The molecule has 0 aliphatic rings. The Morgan fingerprint density at radius 1 is 1.53 bits per heavy atom. The molecule has 0 spiro atoms. The third kappa shape index (κ3) is 3.55. The lowest BCUT2D eigenvalue weighted by atomic mass is 10.2. The third-order valence-corrected chi connectivity index (χ3v) is 3.37. The summed E-state index contributed by atoms with van der Waals surface area (Å²) >= 11 is 3.17. The van der Waals surface area contributed by atoms with Gasteiger partial charge >= 0.3 is 0 Å². The fourth-order valence-electron chi connectivity index (χ4n) is 1.23. The molecule has 0 aliphatic heterocycles. The van der Waals surface area contributed by atoms with Gasteiger partial charge in [-0.15, -0.1) is 0 Å². The van der Waals surface area contributed by atoms with E-state index in [0.717, 1.165) is 12.8 Å². The number of hydrogen-bond donors (Lipinski definition) is 1. The zero-order chi connectivity index (χ0) is 11.5. The number of hydrogen-bond acceptors (Lipinski definition) is 3. The lowest BCUT2D eigenvalue weighted by Gasteiger charge is -2.06. The van der Waals surface area contributed by atoms with Crippen LogP contribution in [0.4, 0.5) is 0 Å². The van der Waals surface area contributed by atoms with Crippen LogP contribution >= 0.6 is 15.9 Å². The highest BCUT2D eigenvalue weighted by atomic mass is 79.9. The van der Waals surface area contributed by atoms with Gasteiger partial charge in [-0.2, -0.15) is 0 Å². The Labute approximate surface area is 98.1 Å². The standard InChI is InChI=1S/C9H13BrN2O2S/c1-2-3-4-8-9(15(11,13)14)5-7(10)6-12-8/h5-6H,2-4H2,1H3,(H2,11,13,14). The highest BCUT2D eigenvalue weighted by Gasteiger charge is 2.15. The van der Waals surface area contributed by atoms with Gasteiger partial charge in [0.25, 0.3) is 0 Å². The van der Waals surface area contributed by atoms with Crippen molar-refractivity contribution in [2.24, 2.45) is 5.14 Å². The van der Waals surface area contributed by atoms with Crippen molar-refractivity contribution in [1.82, 2.24) is 4.98 Å². The predicted octanol–water partition coefficient (Wildman–Crippen LogP) is 1.83. The molecular weight excluding hydrogens is 280 g/mol. The zero-order valence-electron chi connectivity index (χ0n) is 8.40. The zero-order valence-corrected chi connectivity index (χ0v) is 10.8. The minimum absolute atomic E-state index is 0.116. The van der Waals surface area contributed by atoms with E-state index >= 15 is 0 Å². The molecule has 2 N–H and O–H groups in total. The maximum Gasteiger partial charge on any atom is 0.239 e. The van der Waals surface area contributed by atoms with Gasteiger partial charge in [-0.25, -0.2) is 13.6 Å². The number of aryl methyl sites for hydroxylation is 1.